The van der Waals surface area contributed by atoms with Crippen LogP contribution in [0.1, 0.15) is 44.7 Å². The highest BCUT2D eigenvalue weighted by atomic mass is 79.9. The first-order chi connectivity index (χ1) is 16.3. The molecule has 0 fully saturated rings. The number of fused-ring (bicyclic) bond motifs is 1. The van der Waals surface area contributed by atoms with Crippen LogP contribution in [-0.2, 0) is 11.3 Å². The van der Waals surface area contributed by atoms with Gasteiger partial charge in [0.05, 0.1) is 27.9 Å². The van der Waals surface area contributed by atoms with Crippen molar-refractivity contribution >= 4 is 38.7 Å². The van der Waals surface area contributed by atoms with Crippen LogP contribution >= 0.6 is 15.9 Å². The standard InChI is InChI=1S/C26H26BrN3O4/c1-5-33-26(32)25-18(4)29(14-19-9-7-6-8-10-19)22-13-21(27)23(12-20(22)25)34-15-24(31)30-17(3)11-16(2)28-30/h6-13H,5,14-15H2,1-4H3. The van der Waals surface area contributed by atoms with Crippen LogP contribution in [0.25, 0.3) is 10.9 Å². The maximum absolute atomic E-state index is 12.9. The molecule has 2 aromatic carbocycles. The second kappa shape index (κ2) is 9.85. The van der Waals surface area contributed by atoms with Crippen LogP contribution in [0, 0.1) is 20.8 Å². The first kappa shape index (κ1) is 23.8. The molecule has 0 aliphatic carbocycles. The number of carbonyl (C=O) groups excluding carboxylic acids is 2. The molecular formula is C26H26BrN3O4. The third-order valence-corrected chi connectivity index (χ3v) is 6.26. The monoisotopic (exact) mass is 523 g/mol. The van der Waals surface area contributed by atoms with Gasteiger partial charge in [0.1, 0.15) is 5.75 Å². The van der Waals surface area contributed by atoms with E-state index in [0.717, 1.165) is 28.2 Å². The van der Waals surface area contributed by atoms with Gasteiger partial charge in [-0.05, 0) is 67.4 Å². The summed E-state index contributed by atoms with van der Waals surface area (Å²) < 4.78 is 15.3. The number of ether oxygens (including phenoxy) is 2. The van der Waals surface area contributed by atoms with Gasteiger partial charge in [-0.1, -0.05) is 30.3 Å². The molecule has 7 nitrogen and oxygen atoms in total. The second-order valence-electron chi connectivity index (χ2n) is 8.07. The Morgan fingerprint density at radius 3 is 2.44 bits per heavy atom. The number of nitrogens with zero attached hydrogens (tertiary/aromatic N) is 3. The lowest BCUT2D eigenvalue weighted by molar-refractivity contribution is 0.0527. The average Bonchev–Trinajstić information content (AvgIpc) is 3.28. The van der Waals surface area contributed by atoms with Gasteiger partial charge in [-0.2, -0.15) is 5.10 Å². The maximum Gasteiger partial charge on any atom is 0.340 e. The third-order valence-electron chi connectivity index (χ3n) is 5.64. The van der Waals surface area contributed by atoms with E-state index in [9.17, 15) is 9.59 Å². The summed E-state index contributed by atoms with van der Waals surface area (Å²) in [5.41, 5.74) is 4.80. The van der Waals surface area contributed by atoms with E-state index in [0.29, 0.717) is 27.7 Å². The van der Waals surface area contributed by atoms with E-state index in [4.69, 9.17) is 9.47 Å². The van der Waals surface area contributed by atoms with Crippen LogP contribution in [0.5, 0.6) is 5.75 Å². The Kier molecular flexibility index (Phi) is 6.88. The Hall–Kier alpha value is -3.39. The number of halogens is 1. The predicted octanol–water partition coefficient (Wildman–Crippen LogP) is 5.47. The van der Waals surface area contributed by atoms with Crippen molar-refractivity contribution in [2.45, 2.75) is 34.2 Å². The van der Waals surface area contributed by atoms with Crippen LogP contribution in [0.4, 0.5) is 0 Å². The normalized spacial score (nSPS) is 11.1. The molecule has 0 amide bonds. The van der Waals surface area contributed by atoms with Gasteiger partial charge in [-0.25, -0.2) is 9.48 Å². The van der Waals surface area contributed by atoms with Gasteiger partial charge in [0.15, 0.2) is 6.61 Å². The average molecular weight is 524 g/mol. The van der Waals surface area contributed by atoms with E-state index in [1.807, 2.05) is 63.2 Å². The summed E-state index contributed by atoms with van der Waals surface area (Å²) in [5, 5.41) is 4.93. The van der Waals surface area contributed by atoms with E-state index in [1.54, 1.807) is 13.0 Å². The highest BCUT2D eigenvalue weighted by molar-refractivity contribution is 9.10. The minimum Gasteiger partial charge on any atom is -0.482 e. The van der Waals surface area contributed by atoms with Crippen molar-refractivity contribution in [2.75, 3.05) is 13.2 Å². The Bertz CT molecular complexity index is 1370. The molecule has 0 N–H and O–H groups in total. The highest BCUT2D eigenvalue weighted by Crippen LogP contribution is 2.36. The molecule has 0 aliphatic rings. The molecule has 0 bridgehead atoms. The summed E-state index contributed by atoms with van der Waals surface area (Å²) in [5.74, 6) is -0.199. The second-order valence-corrected chi connectivity index (χ2v) is 8.93. The van der Waals surface area contributed by atoms with E-state index >= 15 is 0 Å². The number of hydrogen-bond acceptors (Lipinski definition) is 5. The van der Waals surface area contributed by atoms with Crippen molar-refractivity contribution in [2.24, 2.45) is 0 Å². The number of benzene rings is 2. The van der Waals surface area contributed by atoms with Crippen LogP contribution in [0.3, 0.4) is 0 Å². The first-order valence-electron chi connectivity index (χ1n) is 11.0. The molecule has 2 aromatic heterocycles. The lowest BCUT2D eigenvalue weighted by Gasteiger charge is -2.11. The van der Waals surface area contributed by atoms with Crippen molar-refractivity contribution in [1.29, 1.82) is 0 Å². The van der Waals surface area contributed by atoms with Crippen molar-refractivity contribution in [3.05, 3.63) is 81.2 Å². The number of aromatic nitrogens is 3. The van der Waals surface area contributed by atoms with Crippen LogP contribution in [-0.4, -0.2) is 39.4 Å². The van der Waals surface area contributed by atoms with Gasteiger partial charge < -0.3 is 14.0 Å². The lowest BCUT2D eigenvalue weighted by atomic mass is 10.1. The van der Waals surface area contributed by atoms with Gasteiger partial charge in [-0.15, -0.1) is 0 Å². The molecule has 176 valence electrons. The highest BCUT2D eigenvalue weighted by Gasteiger charge is 2.23. The molecule has 8 heteroatoms. The fourth-order valence-electron chi connectivity index (χ4n) is 4.10. The molecule has 4 aromatic rings. The number of rotatable bonds is 7. The van der Waals surface area contributed by atoms with Crippen molar-refractivity contribution in [3.8, 4) is 5.75 Å². The van der Waals surface area contributed by atoms with E-state index in [-0.39, 0.29) is 25.1 Å². The zero-order chi connectivity index (χ0) is 24.4. The molecule has 34 heavy (non-hydrogen) atoms. The fraction of sp³-hybridized carbons (Fsp3) is 0.269. The Morgan fingerprint density at radius 1 is 1.06 bits per heavy atom. The summed E-state index contributed by atoms with van der Waals surface area (Å²) in [6.45, 7) is 8.05. The maximum atomic E-state index is 12.9. The molecule has 0 unspecified atom stereocenters. The van der Waals surface area contributed by atoms with Crippen LogP contribution in [0.15, 0.2) is 53.0 Å². The summed E-state index contributed by atoms with van der Waals surface area (Å²) in [6, 6.07) is 15.6. The lowest BCUT2D eigenvalue weighted by Crippen LogP contribution is -2.21. The van der Waals surface area contributed by atoms with Crippen LogP contribution < -0.4 is 4.74 Å². The van der Waals surface area contributed by atoms with Crippen molar-refractivity contribution in [3.63, 3.8) is 0 Å². The van der Waals surface area contributed by atoms with Gasteiger partial charge in [-0.3, -0.25) is 4.79 Å². The minimum absolute atomic E-state index is 0.190. The molecule has 2 heterocycles. The molecule has 0 radical (unpaired) electrons. The molecule has 0 spiro atoms. The van der Waals surface area contributed by atoms with Gasteiger partial charge in [0.2, 0.25) is 0 Å². The number of hydrogen-bond donors (Lipinski definition) is 0. The molecule has 0 atom stereocenters. The van der Waals surface area contributed by atoms with Crippen molar-refractivity contribution in [1.82, 2.24) is 14.3 Å². The smallest absolute Gasteiger partial charge is 0.340 e. The molecule has 0 aliphatic heterocycles. The zero-order valence-corrected chi connectivity index (χ0v) is 21.2. The first-order valence-corrected chi connectivity index (χ1v) is 11.8. The molecule has 0 saturated carbocycles. The Labute approximate surface area is 206 Å². The number of esters is 1. The molecule has 0 saturated heterocycles. The Balaban J connectivity index is 1.73. The number of aryl methyl sites for hydroxylation is 2. The predicted molar refractivity (Wildman–Crippen MR) is 134 cm³/mol. The topological polar surface area (TPSA) is 75.3 Å². The quantitative estimate of drug-likeness (QED) is 0.300. The number of carbonyl (C=O) groups is 2. The summed E-state index contributed by atoms with van der Waals surface area (Å²) in [6.07, 6.45) is 0. The summed E-state index contributed by atoms with van der Waals surface area (Å²) in [4.78, 5) is 25.5. The minimum atomic E-state index is -0.385. The van der Waals surface area contributed by atoms with Crippen LogP contribution in [0.2, 0.25) is 0 Å². The summed E-state index contributed by atoms with van der Waals surface area (Å²) in [7, 11) is 0. The van der Waals surface area contributed by atoms with Gasteiger partial charge in [0, 0.05) is 23.3 Å². The van der Waals surface area contributed by atoms with Crippen molar-refractivity contribution < 1.29 is 19.1 Å². The van der Waals surface area contributed by atoms with Gasteiger partial charge >= 0.3 is 5.97 Å². The van der Waals surface area contributed by atoms with E-state index < -0.39 is 0 Å². The summed E-state index contributed by atoms with van der Waals surface area (Å²) >= 11 is 3.58. The van der Waals surface area contributed by atoms with Gasteiger partial charge in [0.25, 0.3) is 5.91 Å². The van der Waals surface area contributed by atoms with E-state index in [1.165, 1.54) is 4.68 Å². The molecule has 4 rings (SSSR count). The van der Waals surface area contributed by atoms with E-state index in [2.05, 4.69) is 25.6 Å². The third kappa shape index (κ3) is 4.63. The Morgan fingerprint density at radius 2 is 1.79 bits per heavy atom. The largest absolute Gasteiger partial charge is 0.482 e. The fourth-order valence-corrected chi connectivity index (χ4v) is 4.55. The SMILES string of the molecule is CCOC(=O)c1c(C)n(Cc2ccccc2)c2cc(Br)c(OCC(=O)n3nc(C)cc3C)cc12. The molecular weight excluding hydrogens is 498 g/mol. The zero-order valence-electron chi connectivity index (χ0n) is 19.6.